The smallest absolute Gasteiger partial charge is 0.123 e. The van der Waals surface area contributed by atoms with Gasteiger partial charge in [-0.3, -0.25) is 0 Å². The van der Waals surface area contributed by atoms with E-state index in [1.807, 2.05) is 12.1 Å². The van der Waals surface area contributed by atoms with Gasteiger partial charge in [0.1, 0.15) is 11.5 Å². The molecule has 0 spiro atoms. The highest BCUT2D eigenvalue weighted by Crippen LogP contribution is 2.28. The summed E-state index contributed by atoms with van der Waals surface area (Å²) in [5.41, 5.74) is 3.69. The topological polar surface area (TPSA) is 42.5 Å². The molecule has 1 heterocycles. The maximum Gasteiger partial charge on any atom is 0.123 e. The molecule has 1 aliphatic heterocycles. The summed E-state index contributed by atoms with van der Waals surface area (Å²) in [7, 11) is 3.45. The number of piperidine rings is 1. The van der Waals surface area contributed by atoms with Gasteiger partial charge in [0.2, 0.25) is 0 Å². The molecule has 1 saturated heterocycles. The Morgan fingerprint density at radius 1 is 1.08 bits per heavy atom. The molecule has 134 valence electrons. The average molecular weight is 340 g/mol. The lowest BCUT2D eigenvalue weighted by molar-refractivity contribution is 0.302. The number of para-hydroxylation sites is 1. The quantitative estimate of drug-likeness (QED) is 0.843. The first-order valence-electron chi connectivity index (χ1n) is 8.96. The largest absolute Gasteiger partial charge is 0.496 e. The van der Waals surface area contributed by atoms with Crippen LogP contribution in [0.3, 0.4) is 0 Å². The van der Waals surface area contributed by atoms with E-state index in [0.717, 1.165) is 31.0 Å². The molecule has 0 bridgehead atoms. The maximum atomic E-state index is 5.47. The molecule has 1 fully saturated rings. The molecule has 0 amide bonds. The van der Waals surface area contributed by atoms with Crippen LogP contribution in [-0.4, -0.2) is 26.8 Å². The second-order valence-corrected chi connectivity index (χ2v) is 6.60. The summed E-state index contributed by atoms with van der Waals surface area (Å²) in [6.45, 7) is 3.97. The lowest BCUT2D eigenvalue weighted by Crippen LogP contribution is -2.45. The third-order valence-electron chi connectivity index (χ3n) is 4.98. The van der Waals surface area contributed by atoms with E-state index in [1.165, 1.54) is 23.1 Å². The predicted molar refractivity (Wildman–Crippen MR) is 101 cm³/mol. The number of nitrogens with one attached hydrogen (secondary N) is 2. The zero-order valence-corrected chi connectivity index (χ0v) is 15.3. The third-order valence-corrected chi connectivity index (χ3v) is 4.98. The van der Waals surface area contributed by atoms with Gasteiger partial charge in [0.05, 0.1) is 14.2 Å². The molecule has 3 rings (SSSR count). The Bertz CT molecular complexity index is 702. The van der Waals surface area contributed by atoms with Gasteiger partial charge in [-0.2, -0.15) is 0 Å². The molecule has 0 aromatic heterocycles. The lowest BCUT2D eigenvalue weighted by atomic mass is 9.91. The maximum absolute atomic E-state index is 5.47. The van der Waals surface area contributed by atoms with Crippen molar-refractivity contribution >= 4 is 0 Å². The van der Waals surface area contributed by atoms with Gasteiger partial charge in [0.25, 0.3) is 0 Å². The van der Waals surface area contributed by atoms with E-state index in [4.69, 9.17) is 9.47 Å². The van der Waals surface area contributed by atoms with Crippen molar-refractivity contribution in [2.45, 2.75) is 38.4 Å². The number of rotatable bonds is 6. The fraction of sp³-hybridized carbons (Fsp3) is 0.429. The molecule has 1 aliphatic rings. The SMILES string of the molecule is COc1ccc([C@@H]2NCCC[C@@H]2NCc2ccccc2OC)cc1C. The summed E-state index contributed by atoms with van der Waals surface area (Å²) in [5.74, 6) is 1.88. The Morgan fingerprint density at radius 2 is 1.88 bits per heavy atom. The molecule has 2 N–H and O–H groups in total. The van der Waals surface area contributed by atoms with Crippen molar-refractivity contribution < 1.29 is 9.47 Å². The monoisotopic (exact) mass is 340 g/mol. The predicted octanol–water partition coefficient (Wildman–Crippen LogP) is 3.60. The minimum Gasteiger partial charge on any atom is -0.496 e. The number of hydrogen-bond acceptors (Lipinski definition) is 4. The van der Waals surface area contributed by atoms with Gasteiger partial charge >= 0.3 is 0 Å². The van der Waals surface area contributed by atoms with Crippen LogP contribution < -0.4 is 20.1 Å². The third kappa shape index (κ3) is 4.14. The Hall–Kier alpha value is -2.04. The molecule has 0 saturated carbocycles. The van der Waals surface area contributed by atoms with Crippen molar-refractivity contribution in [3.8, 4) is 11.5 Å². The molecule has 2 aromatic rings. The van der Waals surface area contributed by atoms with E-state index < -0.39 is 0 Å². The highest BCUT2D eigenvalue weighted by Gasteiger charge is 2.26. The Morgan fingerprint density at radius 3 is 2.64 bits per heavy atom. The minimum absolute atomic E-state index is 0.313. The van der Waals surface area contributed by atoms with E-state index in [1.54, 1.807) is 14.2 Å². The molecular formula is C21H28N2O2. The average Bonchev–Trinajstić information content (AvgIpc) is 2.66. The number of ether oxygens (including phenoxy) is 2. The second kappa shape index (κ2) is 8.37. The van der Waals surface area contributed by atoms with Gasteiger partial charge < -0.3 is 20.1 Å². The number of methoxy groups -OCH3 is 2. The molecule has 25 heavy (non-hydrogen) atoms. The van der Waals surface area contributed by atoms with Gasteiger partial charge in [-0.25, -0.2) is 0 Å². The van der Waals surface area contributed by atoms with E-state index in [2.05, 4.69) is 47.9 Å². The first-order chi connectivity index (χ1) is 12.2. The Balaban J connectivity index is 1.74. The van der Waals surface area contributed by atoms with Crippen molar-refractivity contribution in [1.29, 1.82) is 0 Å². The molecule has 0 radical (unpaired) electrons. The van der Waals surface area contributed by atoms with Gasteiger partial charge in [-0.15, -0.1) is 0 Å². The van der Waals surface area contributed by atoms with E-state index >= 15 is 0 Å². The summed E-state index contributed by atoms with van der Waals surface area (Å²) in [6, 6.07) is 15.4. The van der Waals surface area contributed by atoms with Gasteiger partial charge in [0, 0.05) is 24.2 Å². The fourth-order valence-corrected chi connectivity index (χ4v) is 3.64. The van der Waals surface area contributed by atoms with Crippen LogP contribution in [0.25, 0.3) is 0 Å². The molecular weight excluding hydrogens is 312 g/mol. The lowest BCUT2D eigenvalue weighted by Gasteiger charge is -2.34. The van der Waals surface area contributed by atoms with Crippen molar-refractivity contribution in [2.75, 3.05) is 20.8 Å². The summed E-state index contributed by atoms with van der Waals surface area (Å²) < 4.78 is 10.9. The van der Waals surface area contributed by atoms with Crippen LogP contribution in [0.1, 0.15) is 35.6 Å². The van der Waals surface area contributed by atoms with Gasteiger partial charge in [-0.05, 0) is 49.6 Å². The van der Waals surface area contributed by atoms with E-state index in [-0.39, 0.29) is 0 Å². The Kier molecular flexibility index (Phi) is 5.95. The molecule has 4 heteroatoms. The normalized spacial score (nSPS) is 20.3. The number of benzene rings is 2. The van der Waals surface area contributed by atoms with E-state index in [0.29, 0.717) is 12.1 Å². The zero-order valence-electron chi connectivity index (χ0n) is 15.3. The second-order valence-electron chi connectivity index (χ2n) is 6.60. The fourth-order valence-electron chi connectivity index (χ4n) is 3.64. The van der Waals surface area contributed by atoms with Gasteiger partial charge in [-0.1, -0.05) is 30.3 Å². The highest BCUT2D eigenvalue weighted by atomic mass is 16.5. The molecule has 2 atom stereocenters. The number of aryl methyl sites for hydroxylation is 1. The van der Waals surface area contributed by atoms with Crippen molar-refractivity contribution in [1.82, 2.24) is 10.6 Å². The van der Waals surface area contributed by atoms with Crippen LogP contribution >= 0.6 is 0 Å². The minimum atomic E-state index is 0.313. The summed E-state index contributed by atoms with van der Waals surface area (Å²) in [6.07, 6.45) is 2.35. The molecule has 0 unspecified atom stereocenters. The molecule has 2 aromatic carbocycles. The van der Waals surface area contributed by atoms with Crippen LogP contribution in [0.15, 0.2) is 42.5 Å². The first kappa shape index (κ1) is 17.8. The number of hydrogen-bond donors (Lipinski definition) is 2. The van der Waals surface area contributed by atoms with Crippen LogP contribution in [0, 0.1) is 6.92 Å². The van der Waals surface area contributed by atoms with Crippen LogP contribution in [-0.2, 0) is 6.54 Å². The molecule has 4 nitrogen and oxygen atoms in total. The Labute approximate surface area is 150 Å². The van der Waals surface area contributed by atoms with Gasteiger partial charge in [0.15, 0.2) is 0 Å². The van der Waals surface area contributed by atoms with Crippen molar-refractivity contribution in [2.24, 2.45) is 0 Å². The summed E-state index contributed by atoms with van der Waals surface area (Å²) in [5, 5.41) is 7.42. The zero-order chi connectivity index (χ0) is 17.6. The standard InChI is InChI=1S/C21H28N2O2/c1-15-13-16(10-11-19(15)24-2)21-18(8-6-12-22-21)23-14-17-7-4-5-9-20(17)25-3/h4-5,7,9-11,13,18,21-23H,6,8,12,14H2,1-3H3/t18-,21-/m0/s1. The van der Waals surface area contributed by atoms with Crippen molar-refractivity contribution in [3.05, 3.63) is 59.2 Å². The van der Waals surface area contributed by atoms with E-state index in [9.17, 15) is 0 Å². The summed E-state index contributed by atoms with van der Waals surface area (Å²) >= 11 is 0. The highest BCUT2D eigenvalue weighted by molar-refractivity contribution is 5.38. The van der Waals surface area contributed by atoms with Crippen LogP contribution in [0.4, 0.5) is 0 Å². The summed E-state index contributed by atoms with van der Waals surface area (Å²) in [4.78, 5) is 0. The molecule has 0 aliphatic carbocycles. The van der Waals surface area contributed by atoms with Crippen LogP contribution in [0.2, 0.25) is 0 Å². The van der Waals surface area contributed by atoms with Crippen LogP contribution in [0.5, 0.6) is 11.5 Å². The van der Waals surface area contributed by atoms with Crippen molar-refractivity contribution in [3.63, 3.8) is 0 Å². The first-order valence-corrected chi connectivity index (χ1v) is 8.96.